The molecule has 0 aliphatic rings. The van der Waals surface area contributed by atoms with Crippen LogP contribution in [0.5, 0.6) is 0 Å². The molecular weight excluding hydrogens is 430 g/mol. The number of oxazole rings is 1. The summed E-state index contributed by atoms with van der Waals surface area (Å²) in [6, 6.07) is 12.4. The molecule has 33 heavy (non-hydrogen) atoms. The minimum atomic E-state index is 0.105. The van der Waals surface area contributed by atoms with Crippen LogP contribution >= 0.6 is 11.8 Å². The van der Waals surface area contributed by atoms with Crippen molar-refractivity contribution in [3.05, 3.63) is 47.5 Å². The monoisotopic (exact) mass is 467 g/mol. The Bertz CT molecular complexity index is 1050. The van der Waals surface area contributed by atoms with Crippen molar-refractivity contribution in [2.24, 2.45) is 0 Å². The number of carbonyl (C=O) groups excluding carboxylic acids is 1. The molecule has 1 heterocycles. The van der Waals surface area contributed by atoms with Crippen LogP contribution in [0.2, 0.25) is 0 Å². The van der Waals surface area contributed by atoms with Gasteiger partial charge in [0.15, 0.2) is 5.58 Å². The first kappa shape index (κ1) is 25.2. The van der Waals surface area contributed by atoms with Gasteiger partial charge in [-0.25, -0.2) is 4.98 Å². The molecule has 3 rings (SSSR count). The molecule has 2 aromatic carbocycles. The fourth-order valence-corrected chi connectivity index (χ4v) is 4.69. The third kappa shape index (κ3) is 6.76. The van der Waals surface area contributed by atoms with Crippen LogP contribution in [0, 0.1) is 0 Å². The predicted octanol–water partition coefficient (Wildman–Crippen LogP) is 7.43. The number of unbranched alkanes of at least 4 members (excludes halogenated alkanes) is 2. The first-order chi connectivity index (χ1) is 15.8. The predicted molar refractivity (Wildman–Crippen MR) is 141 cm³/mol. The van der Waals surface area contributed by atoms with Gasteiger partial charge < -0.3 is 14.6 Å². The quantitative estimate of drug-likeness (QED) is 0.235. The molecule has 0 saturated heterocycles. The van der Waals surface area contributed by atoms with Crippen molar-refractivity contribution in [2.45, 2.75) is 70.4 Å². The van der Waals surface area contributed by atoms with Crippen LogP contribution in [0.4, 0.5) is 11.4 Å². The van der Waals surface area contributed by atoms with E-state index in [9.17, 15) is 4.79 Å². The van der Waals surface area contributed by atoms with Crippen molar-refractivity contribution >= 4 is 40.1 Å². The summed E-state index contributed by atoms with van der Waals surface area (Å²) in [5, 5.41) is 3.93. The second kappa shape index (κ2) is 11.6. The number of nitrogens with one attached hydrogen (secondary N) is 1. The number of nitrogens with zero attached hydrogens (tertiary/aromatic N) is 2. The third-order valence-corrected chi connectivity index (χ3v) is 6.69. The molecule has 1 N–H and O–H groups in total. The highest BCUT2D eigenvalue weighted by molar-refractivity contribution is 7.99. The normalized spacial score (nSPS) is 11.5. The summed E-state index contributed by atoms with van der Waals surface area (Å²) in [5.41, 5.74) is 6.25. The molecule has 0 radical (unpaired) electrons. The zero-order valence-electron chi connectivity index (χ0n) is 20.8. The molecular formula is C27H37N3O2S. The number of thioether (sulfide) groups is 1. The molecule has 0 fully saturated rings. The number of carbonyl (C=O) groups is 1. The van der Waals surface area contributed by atoms with Crippen LogP contribution in [-0.2, 0) is 4.79 Å². The summed E-state index contributed by atoms with van der Waals surface area (Å²) in [7, 11) is 4.03. The third-order valence-electron chi connectivity index (χ3n) is 5.78. The first-order valence-electron chi connectivity index (χ1n) is 11.9. The Balaban J connectivity index is 1.44. The Morgan fingerprint density at radius 2 is 1.73 bits per heavy atom. The van der Waals surface area contributed by atoms with E-state index in [-0.39, 0.29) is 5.91 Å². The molecule has 6 heteroatoms. The minimum absolute atomic E-state index is 0.105. The Kier molecular flexibility index (Phi) is 8.84. The summed E-state index contributed by atoms with van der Waals surface area (Å²) in [6.45, 7) is 8.69. The molecule has 0 atom stereocenters. The van der Waals surface area contributed by atoms with Gasteiger partial charge in [0.05, 0.1) is 0 Å². The number of para-hydroxylation sites is 1. The van der Waals surface area contributed by atoms with E-state index in [1.54, 1.807) is 11.8 Å². The molecule has 0 aliphatic heterocycles. The number of aromatic nitrogens is 1. The lowest BCUT2D eigenvalue weighted by atomic mass is 9.92. The molecule has 1 amide bonds. The van der Waals surface area contributed by atoms with Crippen LogP contribution in [0.1, 0.15) is 76.3 Å². The smallest absolute Gasteiger partial charge is 0.256 e. The van der Waals surface area contributed by atoms with Gasteiger partial charge in [0.25, 0.3) is 5.22 Å². The Hall–Kier alpha value is -2.47. The molecule has 0 aliphatic carbocycles. The van der Waals surface area contributed by atoms with Gasteiger partial charge in [0, 0.05) is 43.7 Å². The maximum atomic E-state index is 12.6. The van der Waals surface area contributed by atoms with E-state index in [1.807, 2.05) is 32.3 Å². The van der Waals surface area contributed by atoms with Gasteiger partial charge in [-0.1, -0.05) is 64.1 Å². The van der Waals surface area contributed by atoms with E-state index >= 15 is 0 Å². The average molecular weight is 468 g/mol. The highest BCUT2D eigenvalue weighted by atomic mass is 32.2. The molecule has 0 unspecified atom stereocenters. The maximum absolute atomic E-state index is 12.6. The van der Waals surface area contributed by atoms with Crippen LogP contribution in [-0.4, -0.2) is 30.7 Å². The second-order valence-corrected chi connectivity index (χ2v) is 10.4. The Morgan fingerprint density at radius 1 is 1.03 bits per heavy atom. The van der Waals surface area contributed by atoms with Gasteiger partial charge in [0.2, 0.25) is 5.91 Å². The molecule has 0 saturated carbocycles. The summed E-state index contributed by atoms with van der Waals surface area (Å²) in [6.07, 6.45) is 3.46. The number of benzene rings is 2. The standard InChI is InChI=1S/C27H37N3O2S/c1-18(2)21-11-10-12-22(19(3)4)26(21)29-25(31)13-8-7-9-16-33-27-28-23-15-14-20(30(5)6)17-24(23)32-27/h10-12,14-15,17-19H,7-9,13,16H2,1-6H3,(H,29,31). The van der Waals surface area contributed by atoms with Crippen LogP contribution < -0.4 is 10.2 Å². The van der Waals surface area contributed by atoms with Crippen LogP contribution in [0.3, 0.4) is 0 Å². The van der Waals surface area contributed by atoms with E-state index in [4.69, 9.17) is 4.42 Å². The van der Waals surface area contributed by atoms with Gasteiger partial charge in [0.1, 0.15) is 5.52 Å². The van der Waals surface area contributed by atoms with Gasteiger partial charge in [-0.2, -0.15) is 0 Å². The summed E-state index contributed by atoms with van der Waals surface area (Å²) in [4.78, 5) is 19.3. The van der Waals surface area contributed by atoms with E-state index in [1.165, 1.54) is 11.1 Å². The zero-order chi connectivity index (χ0) is 24.0. The minimum Gasteiger partial charge on any atom is -0.431 e. The van der Waals surface area contributed by atoms with Crippen LogP contribution in [0.25, 0.3) is 11.1 Å². The van der Waals surface area contributed by atoms with Gasteiger partial charge in [-0.15, -0.1) is 0 Å². The molecule has 0 bridgehead atoms. The molecule has 0 spiro atoms. The summed E-state index contributed by atoms with van der Waals surface area (Å²) in [5.74, 6) is 1.78. The highest BCUT2D eigenvalue weighted by Gasteiger charge is 2.16. The summed E-state index contributed by atoms with van der Waals surface area (Å²) >= 11 is 1.64. The van der Waals surface area contributed by atoms with Gasteiger partial charge in [-0.05, 0) is 47.9 Å². The van der Waals surface area contributed by atoms with Crippen LogP contribution in [0.15, 0.2) is 46.0 Å². The van der Waals surface area contributed by atoms with Gasteiger partial charge >= 0.3 is 0 Å². The zero-order valence-corrected chi connectivity index (χ0v) is 21.6. The largest absolute Gasteiger partial charge is 0.431 e. The Morgan fingerprint density at radius 3 is 2.36 bits per heavy atom. The molecule has 5 nitrogen and oxygen atoms in total. The topological polar surface area (TPSA) is 58.4 Å². The van der Waals surface area contributed by atoms with Crippen molar-refractivity contribution in [3.8, 4) is 0 Å². The lowest BCUT2D eigenvalue weighted by Gasteiger charge is -2.20. The van der Waals surface area contributed by atoms with E-state index in [0.717, 1.165) is 47.5 Å². The van der Waals surface area contributed by atoms with E-state index < -0.39 is 0 Å². The van der Waals surface area contributed by atoms with Gasteiger partial charge in [-0.3, -0.25) is 4.79 Å². The van der Waals surface area contributed by atoms with E-state index in [2.05, 4.69) is 61.1 Å². The first-order valence-corrected chi connectivity index (χ1v) is 12.9. The number of fused-ring (bicyclic) bond motifs is 1. The fraction of sp³-hybridized carbons (Fsp3) is 0.481. The second-order valence-electron chi connectivity index (χ2n) is 9.35. The maximum Gasteiger partial charge on any atom is 0.256 e. The fourth-order valence-electron chi connectivity index (χ4n) is 3.85. The number of hydrogen-bond acceptors (Lipinski definition) is 5. The highest BCUT2D eigenvalue weighted by Crippen LogP contribution is 2.32. The lowest BCUT2D eigenvalue weighted by molar-refractivity contribution is -0.116. The number of rotatable bonds is 11. The molecule has 178 valence electrons. The Labute approximate surface area is 202 Å². The molecule has 3 aromatic rings. The van der Waals surface area contributed by atoms with E-state index in [0.29, 0.717) is 23.5 Å². The number of amides is 1. The van der Waals surface area contributed by atoms with Crippen molar-refractivity contribution in [2.75, 3.05) is 30.1 Å². The SMILES string of the molecule is CC(C)c1cccc(C(C)C)c1NC(=O)CCCCCSc1nc2ccc(N(C)C)cc2o1. The summed E-state index contributed by atoms with van der Waals surface area (Å²) < 4.78 is 5.89. The number of hydrogen-bond donors (Lipinski definition) is 1. The van der Waals surface area contributed by atoms with Crippen molar-refractivity contribution in [3.63, 3.8) is 0 Å². The number of anilines is 2. The average Bonchev–Trinajstić information content (AvgIpc) is 3.17. The van der Waals surface area contributed by atoms with Crippen molar-refractivity contribution in [1.82, 2.24) is 4.98 Å². The van der Waals surface area contributed by atoms with Crippen molar-refractivity contribution < 1.29 is 9.21 Å². The molecule has 1 aromatic heterocycles. The van der Waals surface area contributed by atoms with Crippen molar-refractivity contribution in [1.29, 1.82) is 0 Å². The lowest BCUT2D eigenvalue weighted by Crippen LogP contribution is -2.15.